The van der Waals surface area contributed by atoms with Gasteiger partial charge in [-0.2, -0.15) is 0 Å². The normalized spacial score (nSPS) is 12.9. The molecule has 1 heterocycles. The summed E-state index contributed by atoms with van der Waals surface area (Å²) in [6, 6.07) is 5.98. The van der Waals surface area contributed by atoms with E-state index in [9.17, 15) is 0 Å². The van der Waals surface area contributed by atoms with Gasteiger partial charge in [-0.3, -0.25) is 0 Å². The van der Waals surface area contributed by atoms with Crippen molar-refractivity contribution in [3.05, 3.63) is 24.0 Å². The van der Waals surface area contributed by atoms with Crippen LogP contribution in [0.5, 0.6) is 5.75 Å². The van der Waals surface area contributed by atoms with Crippen LogP contribution in [0.2, 0.25) is 0 Å². The first-order valence-corrected chi connectivity index (χ1v) is 6.56. The standard InChI is InChI=1S/C14H21N3O/c1-4-8-17-13-7-6-11(18-5-2)9-12(13)16-14(17)10(3)15/h6-7,9-10H,4-5,8,15H2,1-3H3. The molecule has 2 rings (SSSR count). The lowest BCUT2D eigenvalue weighted by atomic mass is 10.3. The van der Waals surface area contributed by atoms with E-state index in [2.05, 4.69) is 22.5 Å². The molecule has 4 nitrogen and oxygen atoms in total. The maximum Gasteiger partial charge on any atom is 0.126 e. The number of hydrogen-bond acceptors (Lipinski definition) is 3. The highest BCUT2D eigenvalue weighted by Gasteiger charge is 2.13. The molecule has 2 N–H and O–H groups in total. The Bertz CT molecular complexity index is 531. The average Bonchev–Trinajstić information content (AvgIpc) is 2.69. The Morgan fingerprint density at radius 3 is 2.78 bits per heavy atom. The summed E-state index contributed by atoms with van der Waals surface area (Å²) in [5, 5.41) is 0. The van der Waals surface area contributed by atoms with Crippen LogP contribution in [0.15, 0.2) is 18.2 Å². The van der Waals surface area contributed by atoms with Crippen molar-refractivity contribution in [1.82, 2.24) is 9.55 Å². The lowest BCUT2D eigenvalue weighted by Crippen LogP contribution is -2.13. The molecule has 1 atom stereocenters. The van der Waals surface area contributed by atoms with E-state index in [-0.39, 0.29) is 6.04 Å². The Morgan fingerprint density at radius 2 is 2.17 bits per heavy atom. The average molecular weight is 247 g/mol. The summed E-state index contributed by atoms with van der Waals surface area (Å²) < 4.78 is 7.71. The van der Waals surface area contributed by atoms with Gasteiger partial charge in [0.2, 0.25) is 0 Å². The zero-order chi connectivity index (χ0) is 13.1. The van der Waals surface area contributed by atoms with Crippen molar-refractivity contribution < 1.29 is 4.74 Å². The summed E-state index contributed by atoms with van der Waals surface area (Å²) in [4.78, 5) is 4.63. The van der Waals surface area contributed by atoms with Crippen molar-refractivity contribution in [3.63, 3.8) is 0 Å². The SMILES string of the molecule is CCCn1c(C(C)N)nc2cc(OCC)ccc21. The summed E-state index contributed by atoms with van der Waals surface area (Å²) in [7, 11) is 0. The maximum absolute atomic E-state index is 5.99. The second kappa shape index (κ2) is 5.40. The van der Waals surface area contributed by atoms with Crippen molar-refractivity contribution in [2.75, 3.05) is 6.61 Å². The molecule has 0 bridgehead atoms. The summed E-state index contributed by atoms with van der Waals surface area (Å²) in [6.07, 6.45) is 1.07. The number of fused-ring (bicyclic) bond motifs is 1. The number of benzene rings is 1. The number of nitrogens with zero attached hydrogens (tertiary/aromatic N) is 2. The second-order valence-corrected chi connectivity index (χ2v) is 4.49. The maximum atomic E-state index is 5.99. The number of hydrogen-bond donors (Lipinski definition) is 1. The smallest absolute Gasteiger partial charge is 0.126 e. The molecule has 18 heavy (non-hydrogen) atoms. The molecule has 0 saturated heterocycles. The van der Waals surface area contributed by atoms with Gasteiger partial charge in [0.25, 0.3) is 0 Å². The van der Waals surface area contributed by atoms with Gasteiger partial charge < -0.3 is 15.0 Å². The van der Waals surface area contributed by atoms with Crippen molar-refractivity contribution in [1.29, 1.82) is 0 Å². The van der Waals surface area contributed by atoms with Crippen LogP contribution < -0.4 is 10.5 Å². The monoisotopic (exact) mass is 247 g/mol. The highest BCUT2D eigenvalue weighted by molar-refractivity contribution is 5.78. The zero-order valence-corrected chi connectivity index (χ0v) is 11.3. The van der Waals surface area contributed by atoms with Gasteiger partial charge in [0, 0.05) is 12.6 Å². The third kappa shape index (κ3) is 2.34. The summed E-state index contributed by atoms with van der Waals surface area (Å²) in [5.41, 5.74) is 8.08. The molecule has 0 aliphatic carbocycles. The Kier molecular flexibility index (Phi) is 3.87. The minimum Gasteiger partial charge on any atom is -0.494 e. The Labute approximate surface area is 108 Å². The predicted molar refractivity (Wildman–Crippen MR) is 73.8 cm³/mol. The Morgan fingerprint density at radius 1 is 1.39 bits per heavy atom. The van der Waals surface area contributed by atoms with E-state index in [1.165, 1.54) is 0 Å². The van der Waals surface area contributed by atoms with Crippen LogP contribution in [0.1, 0.15) is 39.1 Å². The lowest BCUT2D eigenvalue weighted by molar-refractivity contribution is 0.340. The highest BCUT2D eigenvalue weighted by atomic mass is 16.5. The van der Waals surface area contributed by atoms with Crippen LogP contribution in [-0.4, -0.2) is 16.2 Å². The molecule has 1 unspecified atom stereocenters. The molecule has 0 spiro atoms. The van der Waals surface area contributed by atoms with Gasteiger partial charge in [-0.05, 0) is 32.4 Å². The van der Waals surface area contributed by atoms with Gasteiger partial charge in [0.1, 0.15) is 11.6 Å². The fourth-order valence-corrected chi connectivity index (χ4v) is 2.19. The third-order valence-corrected chi connectivity index (χ3v) is 2.91. The van der Waals surface area contributed by atoms with Crippen molar-refractivity contribution >= 4 is 11.0 Å². The van der Waals surface area contributed by atoms with E-state index in [1.807, 2.05) is 26.0 Å². The molecule has 1 aromatic heterocycles. The quantitative estimate of drug-likeness (QED) is 0.884. The minimum atomic E-state index is -0.0560. The molecular formula is C14H21N3O. The van der Waals surface area contributed by atoms with E-state index in [1.54, 1.807) is 0 Å². The molecule has 0 radical (unpaired) electrons. The number of aryl methyl sites for hydroxylation is 1. The highest BCUT2D eigenvalue weighted by Crippen LogP contribution is 2.24. The van der Waals surface area contributed by atoms with E-state index >= 15 is 0 Å². The van der Waals surface area contributed by atoms with Crippen LogP contribution in [0.4, 0.5) is 0 Å². The minimum absolute atomic E-state index is 0.0560. The largest absolute Gasteiger partial charge is 0.494 e. The molecule has 0 fully saturated rings. The van der Waals surface area contributed by atoms with Gasteiger partial charge in [-0.25, -0.2) is 4.98 Å². The third-order valence-electron chi connectivity index (χ3n) is 2.91. The summed E-state index contributed by atoms with van der Waals surface area (Å²) >= 11 is 0. The fraction of sp³-hybridized carbons (Fsp3) is 0.500. The molecule has 0 aliphatic rings. The van der Waals surface area contributed by atoms with Gasteiger partial charge in [-0.1, -0.05) is 6.92 Å². The Balaban J connectivity index is 2.53. The first-order chi connectivity index (χ1) is 8.67. The van der Waals surface area contributed by atoms with Crippen LogP contribution in [-0.2, 0) is 6.54 Å². The van der Waals surface area contributed by atoms with Gasteiger partial charge in [-0.15, -0.1) is 0 Å². The number of aromatic nitrogens is 2. The first-order valence-electron chi connectivity index (χ1n) is 6.56. The topological polar surface area (TPSA) is 53.1 Å². The Hall–Kier alpha value is -1.55. The van der Waals surface area contributed by atoms with Crippen molar-refractivity contribution in [2.45, 2.75) is 39.8 Å². The second-order valence-electron chi connectivity index (χ2n) is 4.49. The fourth-order valence-electron chi connectivity index (χ4n) is 2.19. The lowest BCUT2D eigenvalue weighted by Gasteiger charge is -2.10. The molecular weight excluding hydrogens is 226 g/mol. The summed E-state index contributed by atoms with van der Waals surface area (Å²) in [5.74, 6) is 1.81. The van der Waals surface area contributed by atoms with Crippen molar-refractivity contribution in [2.24, 2.45) is 5.73 Å². The number of nitrogens with two attached hydrogens (primary N) is 1. The molecule has 4 heteroatoms. The van der Waals surface area contributed by atoms with E-state index in [0.29, 0.717) is 6.61 Å². The number of imidazole rings is 1. The van der Waals surface area contributed by atoms with E-state index < -0.39 is 0 Å². The predicted octanol–water partition coefficient (Wildman–Crippen LogP) is 2.86. The summed E-state index contributed by atoms with van der Waals surface area (Å²) in [6.45, 7) is 7.72. The molecule has 2 aromatic rings. The zero-order valence-electron chi connectivity index (χ0n) is 11.3. The molecule has 1 aromatic carbocycles. The van der Waals surface area contributed by atoms with Gasteiger partial charge in [0.05, 0.1) is 23.7 Å². The van der Waals surface area contributed by atoms with E-state index in [4.69, 9.17) is 10.5 Å². The molecule has 98 valence electrons. The number of ether oxygens (including phenoxy) is 1. The van der Waals surface area contributed by atoms with Gasteiger partial charge >= 0.3 is 0 Å². The van der Waals surface area contributed by atoms with Crippen LogP contribution in [0, 0.1) is 0 Å². The van der Waals surface area contributed by atoms with Crippen molar-refractivity contribution in [3.8, 4) is 5.75 Å². The van der Waals surface area contributed by atoms with E-state index in [0.717, 1.165) is 35.6 Å². The first kappa shape index (κ1) is 12.9. The molecule has 0 amide bonds. The molecule has 0 aliphatic heterocycles. The van der Waals surface area contributed by atoms with Crippen LogP contribution in [0.25, 0.3) is 11.0 Å². The van der Waals surface area contributed by atoms with Gasteiger partial charge in [0.15, 0.2) is 0 Å². The van der Waals surface area contributed by atoms with Crippen LogP contribution in [0.3, 0.4) is 0 Å². The van der Waals surface area contributed by atoms with Crippen LogP contribution >= 0.6 is 0 Å². The number of rotatable bonds is 5. The molecule has 0 saturated carbocycles.